The summed E-state index contributed by atoms with van der Waals surface area (Å²) in [7, 11) is 0. The lowest BCUT2D eigenvalue weighted by atomic mass is 9.95. The van der Waals surface area contributed by atoms with Crippen LogP contribution in [0.3, 0.4) is 0 Å². The summed E-state index contributed by atoms with van der Waals surface area (Å²) in [5.41, 5.74) is 1.08. The number of nitrogens with zero attached hydrogens (tertiary/aromatic N) is 2. The Hall–Kier alpha value is -3.95. The molecule has 0 saturated carbocycles. The molecule has 2 aromatic carbocycles. The van der Waals surface area contributed by atoms with Gasteiger partial charge in [-0.05, 0) is 55.3 Å². The molecule has 10 heteroatoms. The van der Waals surface area contributed by atoms with Crippen LogP contribution in [-0.4, -0.2) is 41.0 Å². The number of benzene rings is 2. The van der Waals surface area contributed by atoms with Crippen molar-refractivity contribution in [2.75, 3.05) is 18.1 Å². The number of aliphatic hydroxyl groups is 1. The third-order valence-electron chi connectivity index (χ3n) is 6.01. The SMILES string of the molecule is C=CCOC(=O)c1sc(N2C(=O)C(=O)/C(=C(/O)c3ccc(Cl)cc3)C2c2cccc(OCCCC)c2)nc1C. The van der Waals surface area contributed by atoms with Crippen molar-refractivity contribution < 1.29 is 29.0 Å². The van der Waals surface area contributed by atoms with Crippen LogP contribution in [0.4, 0.5) is 5.13 Å². The maximum absolute atomic E-state index is 13.5. The number of aliphatic hydroxyl groups excluding tert-OH is 1. The zero-order valence-electron chi connectivity index (χ0n) is 21.5. The third-order valence-corrected chi connectivity index (χ3v) is 7.40. The highest BCUT2D eigenvalue weighted by Gasteiger charge is 2.48. The number of amides is 1. The number of thiazole rings is 1. The zero-order valence-corrected chi connectivity index (χ0v) is 23.1. The number of unbranched alkanes of at least 4 members (excludes halogenated alkanes) is 1. The molecule has 2 heterocycles. The van der Waals surface area contributed by atoms with Crippen molar-refractivity contribution in [2.45, 2.75) is 32.7 Å². The fourth-order valence-electron chi connectivity index (χ4n) is 4.09. The van der Waals surface area contributed by atoms with Gasteiger partial charge < -0.3 is 14.6 Å². The largest absolute Gasteiger partial charge is 0.507 e. The molecule has 1 aliphatic heterocycles. The Bertz CT molecular complexity index is 1450. The molecule has 8 nitrogen and oxygen atoms in total. The smallest absolute Gasteiger partial charge is 0.350 e. The molecule has 0 bridgehead atoms. The normalized spacial score (nSPS) is 16.4. The Morgan fingerprint density at radius 3 is 2.67 bits per heavy atom. The molecule has 0 radical (unpaired) electrons. The lowest BCUT2D eigenvalue weighted by Gasteiger charge is -2.23. The summed E-state index contributed by atoms with van der Waals surface area (Å²) in [5.74, 6) is -2.17. The van der Waals surface area contributed by atoms with Crippen molar-refractivity contribution in [1.82, 2.24) is 4.98 Å². The lowest BCUT2D eigenvalue weighted by Crippen LogP contribution is -2.29. The first-order chi connectivity index (χ1) is 18.8. The van der Waals surface area contributed by atoms with Gasteiger partial charge >= 0.3 is 11.9 Å². The Morgan fingerprint density at radius 2 is 1.97 bits per heavy atom. The second kappa shape index (κ2) is 12.3. The maximum Gasteiger partial charge on any atom is 0.350 e. The van der Waals surface area contributed by atoms with Crippen LogP contribution in [-0.2, 0) is 14.3 Å². The van der Waals surface area contributed by atoms with Crippen molar-refractivity contribution in [3.05, 3.63) is 93.5 Å². The van der Waals surface area contributed by atoms with Crippen molar-refractivity contribution in [3.63, 3.8) is 0 Å². The van der Waals surface area contributed by atoms with Crippen LogP contribution < -0.4 is 9.64 Å². The van der Waals surface area contributed by atoms with Gasteiger partial charge in [-0.3, -0.25) is 14.5 Å². The molecule has 0 aliphatic carbocycles. The molecular weight excluding hydrogens is 540 g/mol. The molecule has 39 heavy (non-hydrogen) atoms. The van der Waals surface area contributed by atoms with E-state index in [1.54, 1.807) is 55.5 Å². The van der Waals surface area contributed by atoms with E-state index in [1.165, 1.54) is 11.0 Å². The molecule has 1 saturated heterocycles. The summed E-state index contributed by atoms with van der Waals surface area (Å²) in [5, 5.41) is 11.9. The number of anilines is 1. The second-order valence-electron chi connectivity index (χ2n) is 8.75. The number of hydrogen-bond acceptors (Lipinski definition) is 8. The topological polar surface area (TPSA) is 106 Å². The van der Waals surface area contributed by atoms with Crippen molar-refractivity contribution in [3.8, 4) is 5.75 Å². The predicted molar refractivity (Wildman–Crippen MR) is 150 cm³/mol. The number of esters is 1. The number of ketones is 1. The lowest BCUT2D eigenvalue weighted by molar-refractivity contribution is -0.132. The summed E-state index contributed by atoms with van der Waals surface area (Å²) < 4.78 is 11.0. The van der Waals surface area contributed by atoms with Gasteiger partial charge in [0.05, 0.1) is 23.9 Å². The van der Waals surface area contributed by atoms with Gasteiger partial charge in [0.15, 0.2) is 5.13 Å². The summed E-state index contributed by atoms with van der Waals surface area (Å²) >= 11 is 6.94. The van der Waals surface area contributed by atoms with Gasteiger partial charge in [-0.1, -0.05) is 61.1 Å². The van der Waals surface area contributed by atoms with Crippen LogP contribution >= 0.6 is 22.9 Å². The van der Waals surface area contributed by atoms with E-state index in [-0.39, 0.29) is 27.9 Å². The number of carbonyl (C=O) groups excluding carboxylic acids is 3. The molecule has 1 amide bonds. The Balaban J connectivity index is 1.86. The van der Waals surface area contributed by atoms with Crippen LogP contribution in [0.5, 0.6) is 5.75 Å². The standard InChI is InChI=1S/C29H27ClN2O6S/c1-4-6-15-37-21-9-7-8-19(16-21)23-22(24(33)18-10-12-20(30)13-11-18)25(34)27(35)32(23)29-31-17(3)26(39-29)28(36)38-14-5-2/h5,7-13,16,23,33H,2,4,6,14-15H2,1,3H3/b24-22+. The number of hydrogen-bond donors (Lipinski definition) is 1. The zero-order chi connectivity index (χ0) is 28.1. The number of aromatic nitrogens is 1. The summed E-state index contributed by atoms with van der Waals surface area (Å²) in [6, 6.07) is 12.3. The minimum absolute atomic E-state index is 0.0158. The quantitative estimate of drug-likeness (QED) is 0.0771. The molecule has 1 fully saturated rings. The van der Waals surface area contributed by atoms with Crippen LogP contribution in [0.15, 0.2) is 66.8 Å². The minimum Gasteiger partial charge on any atom is -0.507 e. The van der Waals surface area contributed by atoms with Crippen molar-refractivity contribution in [2.24, 2.45) is 0 Å². The summed E-state index contributed by atoms with van der Waals surface area (Å²) in [6.07, 6.45) is 3.27. The molecule has 3 aromatic rings. The third kappa shape index (κ3) is 5.89. The van der Waals surface area contributed by atoms with E-state index in [4.69, 9.17) is 21.1 Å². The number of carbonyl (C=O) groups is 3. The molecule has 1 aliphatic rings. The molecule has 4 rings (SSSR count). The van der Waals surface area contributed by atoms with E-state index in [9.17, 15) is 19.5 Å². The van der Waals surface area contributed by atoms with Gasteiger partial charge in [0, 0.05) is 10.6 Å². The van der Waals surface area contributed by atoms with Gasteiger partial charge in [-0.15, -0.1) is 0 Å². The van der Waals surface area contributed by atoms with Crippen LogP contribution in [0.1, 0.15) is 52.3 Å². The van der Waals surface area contributed by atoms with E-state index in [1.807, 2.05) is 0 Å². The second-order valence-corrected chi connectivity index (χ2v) is 10.2. The van der Waals surface area contributed by atoms with Gasteiger partial charge in [0.1, 0.15) is 23.0 Å². The van der Waals surface area contributed by atoms with Crippen LogP contribution in [0.25, 0.3) is 5.76 Å². The molecular formula is C29H27ClN2O6S. The van der Waals surface area contributed by atoms with Gasteiger partial charge in [-0.2, -0.15) is 0 Å². The highest BCUT2D eigenvalue weighted by Crippen LogP contribution is 2.44. The van der Waals surface area contributed by atoms with Crippen molar-refractivity contribution in [1.29, 1.82) is 0 Å². The van der Waals surface area contributed by atoms with E-state index in [0.29, 0.717) is 34.2 Å². The van der Waals surface area contributed by atoms with Gasteiger partial charge in [0.2, 0.25) is 0 Å². The molecule has 1 atom stereocenters. The number of ether oxygens (including phenoxy) is 2. The van der Waals surface area contributed by atoms with E-state index >= 15 is 0 Å². The molecule has 1 N–H and O–H groups in total. The Labute approximate surface area is 235 Å². The summed E-state index contributed by atoms with van der Waals surface area (Å²) in [6.45, 7) is 7.73. The average Bonchev–Trinajstić information content (AvgIpc) is 3.44. The number of aryl methyl sites for hydroxylation is 1. The monoisotopic (exact) mass is 566 g/mol. The fraction of sp³-hybridized carbons (Fsp3) is 0.241. The maximum atomic E-state index is 13.5. The Morgan fingerprint density at radius 1 is 1.23 bits per heavy atom. The minimum atomic E-state index is -1.03. The van der Waals surface area contributed by atoms with Crippen molar-refractivity contribution >= 4 is 51.5 Å². The first-order valence-electron chi connectivity index (χ1n) is 12.3. The van der Waals surface area contributed by atoms with Gasteiger partial charge in [0.25, 0.3) is 5.78 Å². The van der Waals surface area contributed by atoms with Gasteiger partial charge in [-0.25, -0.2) is 9.78 Å². The first-order valence-corrected chi connectivity index (χ1v) is 13.5. The van der Waals surface area contributed by atoms with E-state index in [2.05, 4.69) is 18.5 Å². The Kier molecular flexibility index (Phi) is 8.83. The highest BCUT2D eigenvalue weighted by molar-refractivity contribution is 7.17. The predicted octanol–water partition coefficient (Wildman–Crippen LogP) is 6.25. The first kappa shape index (κ1) is 28.1. The number of rotatable bonds is 10. The fourth-order valence-corrected chi connectivity index (χ4v) is 5.21. The molecule has 1 aromatic heterocycles. The molecule has 202 valence electrons. The molecule has 1 unspecified atom stereocenters. The van der Waals surface area contributed by atoms with E-state index in [0.717, 1.165) is 24.2 Å². The number of halogens is 1. The van der Waals surface area contributed by atoms with E-state index < -0.39 is 23.7 Å². The highest BCUT2D eigenvalue weighted by atomic mass is 35.5. The van der Waals surface area contributed by atoms with Crippen LogP contribution in [0, 0.1) is 6.92 Å². The molecule has 0 spiro atoms. The van der Waals surface area contributed by atoms with Crippen LogP contribution in [0.2, 0.25) is 5.02 Å². The average molecular weight is 567 g/mol. The summed E-state index contributed by atoms with van der Waals surface area (Å²) in [4.78, 5) is 45.3. The number of Topliss-reactive ketones (excluding diaryl/α,β-unsaturated/α-hetero) is 1.